The number of pyridine rings is 1. The molecular formula is C22H24FN5O2. The molecule has 8 heteroatoms. The summed E-state index contributed by atoms with van der Waals surface area (Å²) in [6.45, 7) is 2.62. The van der Waals surface area contributed by atoms with Gasteiger partial charge in [-0.25, -0.2) is 13.9 Å². The van der Waals surface area contributed by atoms with Crippen LogP contribution < -0.4 is 11.0 Å². The van der Waals surface area contributed by atoms with Crippen molar-refractivity contribution in [2.45, 2.75) is 45.7 Å². The van der Waals surface area contributed by atoms with Crippen LogP contribution in [0.1, 0.15) is 36.2 Å². The molecule has 1 aliphatic heterocycles. The molecule has 0 saturated heterocycles. The standard InChI is InChI=1S/C22H24FN5O2/c1-15-4-6-18(12-19(15)23)25-21(29)11-16-5-7-20-26-28(22(30)27(20)10-8-16)14-17-3-2-9-24-13-17/h2-4,6,9,12-13,16H,5,7-8,10-11,14H2,1H3,(H,25,29). The minimum atomic E-state index is -0.338. The van der Waals surface area contributed by atoms with E-state index in [-0.39, 0.29) is 23.3 Å². The molecule has 1 unspecified atom stereocenters. The number of amides is 1. The van der Waals surface area contributed by atoms with Gasteiger partial charge in [0.15, 0.2) is 0 Å². The van der Waals surface area contributed by atoms with Crippen LogP contribution >= 0.6 is 0 Å². The molecule has 7 nitrogen and oxygen atoms in total. The summed E-state index contributed by atoms with van der Waals surface area (Å²) < 4.78 is 16.9. The number of aromatic nitrogens is 4. The number of carbonyl (C=O) groups excluding carboxylic acids is 1. The van der Waals surface area contributed by atoms with Crippen molar-refractivity contribution in [1.29, 1.82) is 0 Å². The summed E-state index contributed by atoms with van der Waals surface area (Å²) in [7, 11) is 0. The number of hydrogen-bond donors (Lipinski definition) is 1. The van der Waals surface area contributed by atoms with Crippen LogP contribution in [0.3, 0.4) is 0 Å². The number of nitrogens with zero attached hydrogens (tertiary/aromatic N) is 4. The van der Waals surface area contributed by atoms with E-state index in [9.17, 15) is 14.0 Å². The van der Waals surface area contributed by atoms with Crippen molar-refractivity contribution in [3.05, 3.63) is 76.0 Å². The summed E-state index contributed by atoms with van der Waals surface area (Å²) >= 11 is 0. The van der Waals surface area contributed by atoms with E-state index in [1.165, 1.54) is 10.7 Å². The lowest BCUT2D eigenvalue weighted by atomic mass is 9.96. The summed E-state index contributed by atoms with van der Waals surface area (Å²) in [5, 5.41) is 7.27. The molecule has 1 N–H and O–H groups in total. The van der Waals surface area contributed by atoms with Gasteiger partial charge in [-0.1, -0.05) is 12.1 Å². The van der Waals surface area contributed by atoms with Crippen molar-refractivity contribution in [2.75, 3.05) is 5.32 Å². The van der Waals surface area contributed by atoms with Crippen LogP contribution in [0.15, 0.2) is 47.5 Å². The summed E-state index contributed by atoms with van der Waals surface area (Å²) in [5.74, 6) is 0.424. The van der Waals surface area contributed by atoms with Gasteiger partial charge in [0.25, 0.3) is 0 Å². The highest BCUT2D eigenvalue weighted by Gasteiger charge is 2.23. The molecule has 1 atom stereocenters. The predicted octanol–water partition coefficient (Wildman–Crippen LogP) is 2.92. The number of benzene rings is 1. The number of carbonyl (C=O) groups is 1. The predicted molar refractivity (Wildman–Crippen MR) is 111 cm³/mol. The van der Waals surface area contributed by atoms with Gasteiger partial charge < -0.3 is 5.32 Å². The Kier molecular flexibility index (Phi) is 5.74. The SMILES string of the molecule is Cc1ccc(NC(=O)CC2CCc3nn(Cc4cccnc4)c(=O)n3CC2)cc1F. The van der Waals surface area contributed by atoms with Crippen molar-refractivity contribution in [2.24, 2.45) is 5.92 Å². The van der Waals surface area contributed by atoms with Crippen LogP contribution in [-0.4, -0.2) is 25.2 Å². The third-order valence-corrected chi connectivity index (χ3v) is 5.52. The molecule has 0 bridgehead atoms. The van der Waals surface area contributed by atoms with E-state index < -0.39 is 0 Å². The van der Waals surface area contributed by atoms with Crippen LogP contribution in [0.4, 0.5) is 10.1 Å². The molecule has 0 spiro atoms. The summed E-state index contributed by atoms with van der Waals surface area (Å²) in [5.41, 5.74) is 1.80. The average Bonchev–Trinajstić information content (AvgIpc) is 2.89. The van der Waals surface area contributed by atoms with Crippen LogP contribution in [-0.2, 0) is 24.3 Å². The zero-order chi connectivity index (χ0) is 21.1. The maximum atomic E-state index is 13.7. The highest BCUT2D eigenvalue weighted by atomic mass is 19.1. The number of fused-ring (bicyclic) bond motifs is 1. The topological polar surface area (TPSA) is 81.8 Å². The molecule has 1 aromatic carbocycles. The molecule has 0 fully saturated rings. The van der Waals surface area contributed by atoms with Gasteiger partial charge >= 0.3 is 5.69 Å². The van der Waals surface area contributed by atoms with E-state index in [0.29, 0.717) is 37.2 Å². The van der Waals surface area contributed by atoms with Gasteiger partial charge in [0.05, 0.1) is 6.54 Å². The molecule has 3 heterocycles. The first-order chi connectivity index (χ1) is 14.5. The molecule has 156 valence electrons. The zero-order valence-corrected chi connectivity index (χ0v) is 16.8. The molecule has 0 saturated carbocycles. The largest absolute Gasteiger partial charge is 0.346 e. The first-order valence-electron chi connectivity index (χ1n) is 10.1. The Morgan fingerprint density at radius 1 is 1.30 bits per heavy atom. The quantitative estimate of drug-likeness (QED) is 0.703. The van der Waals surface area contributed by atoms with E-state index in [1.54, 1.807) is 36.0 Å². The first-order valence-corrected chi connectivity index (χ1v) is 10.1. The average molecular weight is 409 g/mol. The Balaban J connectivity index is 1.37. The van der Waals surface area contributed by atoms with E-state index in [1.807, 2.05) is 12.1 Å². The summed E-state index contributed by atoms with van der Waals surface area (Å²) in [6, 6.07) is 8.43. The van der Waals surface area contributed by atoms with Gasteiger partial charge in [-0.3, -0.25) is 14.3 Å². The van der Waals surface area contributed by atoms with Crippen molar-refractivity contribution in [1.82, 2.24) is 19.3 Å². The third kappa shape index (κ3) is 4.48. The number of halogens is 1. The van der Waals surface area contributed by atoms with E-state index in [4.69, 9.17) is 0 Å². The fraction of sp³-hybridized carbons (Fsp3) is 0.364. The zero-order valence-electron chi connectivity index (χ0n) is 16.8. The molecule has 1 amide bonds. The monoisotopic (exact) mass is 409 g/mol. The molecular weight excluding hydrogens is 385 g/mol. The van der Waals surface area contributed by atoms with Gasteiger partial charge in [0.1, 0.15) is 11.6 Å². The molecule has 0 radical (unpaired) electrons. The van der Waals surface area contributed by atoms with Crippen LogP contribution in [0.25, 0.3) is 0 Å². The lowest BCUT2D eigenvalue weighted by Crippen LogP contribution is -2.26. The lowest BCUT2D eigenvalue weighted by Gasteiger charge is -2.14. The van der Waals surface area contributed by atoms with Gasteiger partial charge in [-0.05, 0) is 55.0 Å². The molecule has 0 aliphatic carbocycles. The van der Waals surface area contributed by atoms with Gasteiger partial charge in [0, 0.05) is 37.5 Å². The van der Waals surface area contributed by atoms with Gasteiger partial charge in [-0.15, -0.1) is 0 Å². The highest BCUT2D eigenvalue weighted by molar-refractivity contribution is 5.90. The smallest absolute Gasteiger partial charge is 0.326 e. The molecule has 1 aliphatic rings. The van der Waals surface area contributed by atoms with Gasteiger partial charge in [0.2, 0.25) is 5.91 Å². The highest BCUT2D eigenvalue weighted by Crippen LogP contribution is 2.22. The van der Waals surface area contributed by atoms with E-state index in [0.717, 1.165) is 24.2 Å². The number of nitrogens with one attached hydrogen (secondary N) is 1. The molecule has 3 aromatic rings. The van der Waals surface area contributed by atoms with Crippen LogP contribution in [0.2, 0.25) is 0 Å². The minimum absolute atomic E-state index is 0.130. The van der Waals surface area contributed by atoms with E-state index >= 15 is 0 Å². The summed E-state index contributed by atoms with van der Waals surface area (Å²) in [6.07, 6.45) is 5.91. The maximum absolute atomic E-state index is 13.7. The van der Waals surface area contributed by atoms with Gasteiger partial charge in [-0.2, -0.15) is 5.10 Å². The van der Waals surface area contributed by atoms with Crippen molar-refractivity contribution in [3.8, 4) is 0 Å². The number of rotatable bonds is 5. The Morgan fingerprint density at radius 2 is 2.17 bits per heavy atom. The number of aryl methyl sites for hydroxylation is 2. The van der Waals surface area contributed by atoms with E-state index in [2.05, 4.69) is 15.4 Å². The second kappa shape index (κ2) is 8.61. The van der Waals surface area contributed by atoms with Crippen molar-refractivity contribution < 1.29 is 9.18 Å². The first kappa shape index (κ1) is 20.0. The van der Waals surface area contributed by atoms with Crippen LogP contribution in [0, 0.1) is 18.7 Å². The Morgan fingerprint density at radius 3 is 2.93 bits per heavy atom. The molecule has 30 heavy (non-hydrogen) atoms. The Labute approximate surface area is 173 Å². The fourth-order valence-electron chi connectivity index (χ4n) is 3.80. The lowest BCUT2D eigenvalue weighted by molar-refractivity contribution is -0.117. The Bertz CT molecular complexity index is 1110. The molecule has 2 aromatic heterocycles. The van der Waals surface area contributed by atoms with Crippen molar-refractivity contribution in [3.63, 3.8) is 0 Å². The second-order valence-electron chi connectivity index (χ2n) is 7.78. The Hall–Kier alpha value is -3.29. The second-order valence-corrected chi connectivity index (χ2v) is 7.78. The van der Waals surface area contributed by atoms with Crippen molar-refractivity contribution >= 4 is 11.6 Å². The molecule has 4 rings (SSSR count). The third-order valence-electron chi connectivity index (χ3n) is 5.52. The fourth-order valence-corrected chi connectivity index (χ4v) is 3.80. The number of hydrogen-bond acceptors (Lipinski definition) is 4. The summed E-state index contributed by atoms with van der Waals surface area (Å²) in [4.78, 5) is 29.2. The minimum Gasteiger partial charge on any atom is -0.326 e. The number of anilines is 1. The maximum Gasteiger partial charge on any atom is 0.346 e. The normalized spacial score (nSPS) is 16.0. The van der Waals surface area contributed by atoms with Crippen LogP contribution in [0.5, 0.6) is 0 Å².